The summed E-state index contributed by atoms with van der Waals surface area (Å²) in [5, 5.41) is 9.20. The maximum atomic E-state index is 13.0. The Bertz CT molecular complexity index is 1360. The Labute approximate surface area is 188 Å². The Kier molecular flexibility index (Phi) is 5.23. The summed E-state index contributed by atoms with van der Waals surface area (Å²) in [6, 6.07) is 8.67. The normalized spacial score (nSPS) is 12.3. The molecule has 166 valence electrons. The third kappa shape index (κ3) is 4.01. The molecule has 0 bridgehead atoms. The van der Waals surface area contributed by atoms with Gasteiger partial charge in [-0.3, -0.25) is 9.59 Å². The van der Waals surface area contributed by atoms with E-state index >= 15 is 0 Å². The van der Waals surface area contributed by atoms with Gasteiger partial charge < -0.3 is 30.1 Å². The fourth-order valence-electron chi connectivity index (χ4n) is 3.57. The standard InChI is InChI=1S/C23H20N6O4/c1-13-17(10-27-23-20(13)25-8-9-32-23)29-16-6-7-26-21(30)19(16)22(31)28-15-4-2-14(3-5-15)18-11-24-12-33-18/h2-7,10-12,25H,8-9H2,1H3,(H,28,31)(H2,26,29,30). The Morgan fingerprint density at radius 3 is 2.76 bits per heavy atom. The number of oxazole rings is 1. The number of fused-ring (bicyclic) bond motifs is 1. The molecule has 4 heterocycles. The molecule has 10 nitrogen and oxygen atoms in total. The highest BCUT2D eigenvalue weighted by molar-refractivity contribution is 6.08. The van der Waals surface area contributed by atoms with E-state index in [0.717, 1.165) is 16.8 Å². The van der Waals surface area contributed by atoms with Crippen LogP contribution in [0.5, 0.6) is 5.88 Å². The van der Waals surface area contributed by atoms with Crippen LogP contribution < -0.4 is 26.2 Å². The molecule has 4 N–H and O–H groups in total. The number of pyridine rings is 2. The van der Waals surface area contributed by atoms with Crippen molar-refractivity contribution in [2.75, 3.05) is 29.1 Å². The van der Waals surface area contributed by atoms with Crippen molar-refractivity contribution in [2.24, 2.45) is 0 Å². The number of ether oxygens (including phenoxy) is 1. The van der Waals surface area contributed by atoms with Crippen LogP contribution in [0.2, 0.25) is 0 Å². The van der Waals surface area contributed by atoms with E-state index in [4.69, 9.17) is 9.15 Å². The van der Waals surface area contributed by atoms with Gasteiger partial charge in [0.15, 0.2) is 12.2 Å². The number of carbonyl (C=O) groups is 1. The number of nitrogens with one attached hydrogen (secondary N) is 4. The third-order valence-corrected chi connectivity index (χ3v) is 5.26. The summed E-state index contributed by atoms with van der Waals surface area (Å²) in [6.45, 7) is 3.13. The van der Waals surface area contributed by atoms with Crippen molar-refractivity contribution in [1.82, 2.24) is 15.0 Å². The van der Waals surface area contributed by atoms with Gasteiger partial charge in [-0.1, -0.05) is 0 Å². The highest BCUT2D eigenvalue weighted by Gasteiger charge is 2.20. The number of hydrogen-bond acceptors (Lipinski definition) is 8. The van der Waals surface area contributed by atoms with Gasteiger partial charge in [-0.15, -0.1) is 0 Å². The minimum Gasteiger partial charge on any atom is -0.474 e. The minimum absolute atomic E-state index is 0.0434. The van der Waals surface area contributed by atoms with Gasteiger partial charge in [-0.05, 0) is 37.3 Å². The quantitative estimate of drug-likeness (QED) is 0.367. The molecule has 3 aromatic heterocycles. The molecule has 0 saturated carbocycles. The zero-order valence-corrected chi connectivity index (χ0v) is 17.6. The van der Waals surface area contributed by atoms with E-state index < -0.39 is 11.5 Å². The molecule has 0 saturated heterocycles. The average molecular weight is 444 g/mol. The van der Waals surface area contributed by atoms with Gasteiger partial charge in [-0.25, -0.2) is 9.97 Å². The highest BCUT2D eigenvalue weighted by atomic mass is 16.5. The van der Waals surface area contributed by atoms with Crippen LogP contribution in [0, 0.1) is 6.92 Å². The Morgan fingerprint density at radius 2 is 1.97 bits per heavy atom. The summed E-state index contributed by atoms with van der Waals surface area (Å²) >= 11 is 0. The number of benzene rings is 1. The number of H-pyrrole nitrogens is 1. The molecule has 1 amide bonds. The molecule has 0 fully saturated rings. The summed E-state index contributed by atoms with van der Waals surface area (Å²) in [5.74, 6) is 0.603. The maximum Gasteiger partial charge on any atom is 0.263 e. The molecule has 4 aromatic rings. The Hall–Kier alpha value is -4.60. The summed E-state index contributed by atoms with van der Waals surface area (Å²) in [5.41, 5.74) is 3.46. The van der Waals surface area contributed by atoms with Crippen LogP contribution in [-0.4, -0.2) is 34.0 Å². The molecule has 1 aliphatic heterocycles. The first-order valence-corrected chi connectivity index (χ1v) is 10.3. The minimum atomic E-state index is -0.545. The summed E-state index contributed by atoms with van der Waals surface area (Å²) < 4.78 is 10.8. The Morgan fingerprint density at radius 1 is 1.12 bits per heavy atom. The molecule has 0 unspecified atom stereocenters. The number of nitrogens with zero attached hydrogens (tertiary/aromatic N) is 2. The molecule has 0 aliphatic carbocycles. The lowest BCUT2D eigenvalue weighted by Crippen LogP contribution is -2.25. The van der Waals surface area contributed by atoms with E-state index in [1.165, 1.54) is 12.6 Å². The molecule has 33 heavy (non-hydrogen) atoms. The number of aromatic nitrogens is 3. The summed E-state index contributed by atoms with van der Waals surface area (Å²) in [6.07, 6.45) is 6.06. The first-order valence-electron chi connectivity index (χ1n) is 10.3. The van der Waals surface area contributed by atoms with E-state index in [0.29, 0.717) is 41.9 Å². The van der Waals surface area contributed by atoms with Crippen molar-refractivity contribution < 1.29 is 13.9 Å². The van der Waals surface area contributed by atoms with Crippen LogP contribution >= 0.6 is 0 Å². The van der Waals surface area contributed by atoms with E-state index in [9.17, 15) is 9.59 Å². The SMILES string of the molecule is Cc1c(Nc2cc[nH]c(=O)c2C(=O)Nc2ccc(-c3cnco3)cc2)cnc2c1NCCO2. The average Bonchev–Trinajstić information content (AvgIpc) is 3.37. The molecular weight excluding hydrogens is 424 g/mol. The zero-order chi connectivity index (χ0) is 22.8. The number of rotatable bonds is 5. The van der Waals surface area contributed by atoms with Crippen LogP contribution in [0.1, 0.15) is 15.9 Å². The molecule has 0 atom stereocenters. The molecule has 5 rings (SSSR count). The van der Waals surface area contributed by atoms with Gasteiger partial charge in [0.2, 0.25) is 5.88 Å². The van der Waals surface area contributed by atoms with Crippen molar-refractivity contribution in [2.45, 2.75) is 6.92 Å². The predicted molar refractivity (Wildman–Crippen MR) is 123 cm³/mol. The van der Waals surface area contributed by atoms with Crippen LogP contribution in [0.15, 0.2) is 64.5 Å². The lowest BCUT2D eigenvalue weighted by Gasteiger charge is -2.22. The van der Waals surface area contributed by atoms with Crippen molar-refractivity contribution >= 4 is 28.7 Å². The van der Waals surface area contributed by atoms with Crippen molar-refractivity contribution in [3.63, 3.8) is 0 Å². The molecule has 1 aliphatic rings. The molecular formula is C23H20N6O4. The first kappa shape index (κ1) is 20.3. The monoisotopic (exact) mass is 444 g/mol. The molecule has 0 spiro atoms. The second-order valence-corrected chi connectivity index (χ2v) is 7.37. The second-order valence-electron chi connectivity index (χ2n) is 7.37. The highest BCUT2D eigenvalue weighted by Crippen LogP contribution is 2.34. The second kappa shape index (κ2) is 8.50. The van der Waals surface area contributed by atoms with E-state index in [-0.39, 0.29) is 5.56 Å². The number of anilines is 4. The molecule has 0 radical (unpaired) electrons. The van der Waals surface area contributed by atoms with Gasteiger partial charge in [0.25, 0.3) is 11.5 Å². The van der Waals surface area contributed by atoms with Gasteiger partial charge in [0.05, 0.1) is 23.8 Å². The van der Waals surface area contributed by atoms with Crippen LogP contribution in [-0.2, 0) is 0 Å². The summed E-state index contributed by atoms with van der Waals surface area (Å²) in [4.78, 5) is 36.4. The van der Waals surface area contributed by atoms with E-state index in [2.05, 4.69) is 30.9 Å². The van der Waals surface area contributed by atoms with Crippen molar-refractivity contribution in [3.05, 3.63) is 76.8 Å². The van der Waals surface area contributed by atoms with E-state index in [1.54, 1.807) is 42.7 Å². The summed E-state index contributed by atoms with van der Waals surface area (Å²) in [7, 11) is 0. The van der Waals surface area contributed by atoms with Gasteiger partial charge in [0.1, 0.15) is 17.9 Å². The third-order valence-electron chi connectivity index (χ3n) is 5.26. The lowest BCUT2D eigenvalue weighted by molar-refractivity contribution is 0.102. The van der Waals surface area contributed by atoms with Crippen LogP contribution in [0.25, 0.3) is 11.3 Å². The zero-order valence-electron chi connectivity index (χ0n) is 17.6. The smallest absolute Gasteiger partial charge is 0.263 e. The van der Waals surface area contributed by atoms with E-state index in [1.807, 2.05) is 6.92 Å². The van der Waals surface area contributed by atoms with Crippen molar-refractivity contribution in [3.8, 4) is 17.2 Å². The number of aromatic amines is 1. The first-order chi connectivity index (χ1) is 16.1. The lowest BCUT2D eigenvalue weighted by atomic mass is 10.1. The maximum absolute atomic E-state index is 13.0. The van der Waals surface area contributed by atoms with Gasteiger partial charge in [0, 0.05) is 29.6 Å². The Balaban J connectivity index is 1.40. The fraction of sp³-hybridized carbons (Fsp3) is 0.130. The molecule has 1 aromatic carbocycles. The molecule has 10 heteroatoms. The number of hydrogen-bond donors (Lipinski definition) is 4. The van der Waals surface area contributed by atoms with Gasteiger partial charge in [-0.2, -0.15) is 0 Å². The number of carbonyl (C=O) groups excluding carboxylic acids is 1. The van der Waals surface area contributed by atoms with Gasteiger partial charge >= 0.3 is 0 Å². The number of amides is 1. The van der Waals surface area contributed by atoms with Crippen molar-refractivity contribution in [1.29, 1.82) is 0 Å². The van der Waals surface area contributed by atoms with Crippen LogP contribution in [0.3, 0.4) is 0 Å². The fourth-order valence-corrected chi connectivity index (χ4v) is 3.57. The predicted octanol–water partition coefficient (Wildman–Crippen LogP) is 3.53. The van der Waals surface area contributed by atoms with Crippen LogP contribution in [0.4, 0.5) is 22.7 Å². The largest absolute Gasteiger partial charge is 0.474 e. The topological polar surface area (TPSA) is 134 Å².